The van der Waals surface area contributed by atoms with E-state index >= 15 is 0 Å². The van der Waals surface area contributed by atoms with Gasteiger partial charge in [-0.2, -0.15) is 10.2 Å². The fourth-order valence-electron chi connectivity index (χ4n) is 3.04. The smallest absolute Gasteiger partial charge is 0.227 e. The minimum atomic E-state index is -0.0571. The SMILES string of the molecule is CCC(C)(CC#N)Cc1nc(C2CCCC(C)C2)no1. The fourth-order valence-corrected chi connectivity index (χ4v) is 3.04. The number of aromatic nitrogens is 2. The number of rotatable bonds is 5. The summed E-state index contributed by atoms with van der Waals surface area (Å²) in [5.74, 6) is 2.79. The minimum Gasteiger partial charge on any atom is -0.339 e. The molecule has 1 aromatic rings. The van der Waals surface area contributed by atoms with Crippen molar-refractivity contribution < 1.29 is 4.52 Å². The van der Waals surface area contributed by atoms with Crippen molar-refractivity contribution in [2.75, 3.05) is 0 Å². The van der Waals surface area contributed by atoms with Crippen molar-refractivity contribution >= 4 is 0 Å². The first-order valence-electron chi connectivity index (χ1n) is 7.76. The lowest BCUT2D eigenvalue weighted by atomic mass is 9.81. The molecular weight excluding hydrogens is 250 g/mol. The van der Waals surface area contributed by atoms with Gasteiger partial charge >= 0.3 is 0 Å². The molecule has 3 unspecified atom stereocenters. The highest BCUT2D eigenvalue weighted by Gasteiger charge is 2.28. The third-order valence-corrected chi connectivity index (χ3v) is 4.72. The molecule has 3 atom stereocenters. The molecule has 1 saturated carbocycles. The Morgan fingerprint density at radius 3 is 2.90 bits per heavy atom. The molecule has 1 aliphatic carbocycles. The summed E-state index contributed by atoms with van der Waals surface area (Å²) in [7, 11) is 0. The largest absolute Gasteiger partial charge is 0.339 e. The monoisotopic (exact) mass is 275 g/mol. The van der Waals surface area contributed by atoms with Gasteiger partial charge in [0, 0.05) is 18.8 Å². The second kappa shape index (κ2) is 6.39. The maximum atomic E-state index is 8.93. The van der Waals surface area contributed by atoms with E-state index in [4.69, 9.17) is 9.78 Å². The maximum absolute atomic E-state index is 8.93. The molecule has 4 heteroatoms. The Kier molecular flexibility index (Phi) is 4.80. The van der Waals surface area contributed by atoms with Crippen LogP contribution in [0, 0.1) is 22.7 Å². The predicted octanol–water partition coefficient (Wildman–Crippen LogP) is 4.24. The van der Waals surface area contributed by atoms with Gasteiger partial charge in [-0.25, -0.2) is 0 Å². The molecule has 0 N–H and O–H groups in total. The van der Waals surface area contributed by atoms with Crippen LogP contribution >= 0.6 is 0 Å². The van der Waals surface area contributed by atoms with Gasteiger partial charge in [-0.15, -0.1) is 0 Å². The van der Waals surface area contributed by atoms with Gasteiger partial charge in [0.1, 0.15) is 0 Å². The molecule has 1 fully saturated rings. The van der Waals surface area contributed by atoms with Crippen molar-refractivity contribution in [1.29, 1.82) is 5.26 Å². The number of hydrogen-bond acceptors (Lipinski definition) is 4. The Labute approximate surface area is 121 Å². The maximum Gasteiger partial charge on any atom is 0.227 e. The molecule has 0 amide bonds. The number of nitriles is 1. The molecule has 1 heterocycles. The topological polar surface area (TPSA) is 62.7 Å². The van der Waals surface area contributed by atoms with Crippen molar-refractivity contribution in [2.45, 2.75) is 71.6 Å². The van der Waals surface area contributed by atoms with Crippen LogP contribution in [0.2, 0.25) is 0 Å². The molecule has 0 aromatic carbocycles. The third-order valence-electron chi connectivity index (χ3n) is 4.72. The van der Waals surface area contributed by atoms with E-state index in [0.29, 0.717) is 24.7 Å². The molecule has 0 saturated heterocycles. The first kappa shape index (κ1) is 15.0. The van der Waals surface area contributed by atoms with Gasteiger partial charge < -0.3 is 4.52 Å². The highest BCUT2D eigenvalue weighted by molar-refractivity contribution is 5.00. The Balaban J connectivity index is 2.03. The summed E-state index contributed by atoms with van der Waals surface area (Å²) >= 11 is 0. The Morgan fingerprint density at radius 2 is 2.25 bits per heavy atom. The summed E-state index contributed by atoms with van der Waals surface area (Å²) in [4.78, 5) is 4.60. The van der Waals surface area contributed by atoms with Crippen molar-refractivity contribution in [3.8, 4) is 6.07 Å². The Hall–Kier alpha value is -1.37. The highest BCUT2D eigenvalue weighted by atomic mass is 16.5. The molecule has 1 aromatic heterocycles. The van der Waals surface area contributed by atoms with Crippen molar-refractivity contribution in [3.63, 3.8) is 0 Å². The lowest BCUT2D eigenvalue weighted by Crippen LogP contribution is -2.18. The number of nitrogens with zero attached hydrogens (tertiary/aromatic N) is 3. The quantitative estimate of drug-likeness (QED) is 0.806. The summed E-state index contributed by atoms with van der Waals surface area (Å²) in [5.41, 5.74) is -0.0571. The van der Waals surface area contributed by atoms with Crippen molar-refractivity contribution in [2.24, 2.45) is 11.3 Å². The summed E-state index contributed by atoms with van der Waals surface area (Å²) in [6.45, 7) is 6.52. The molecule has 4 nitrogen and oxygen atoms in total. The van der Waals surface area contributed by atoms with E-state index in [1.807, 2.05) is 0 Å². The summed E-state index contributed by atoms with van der Waals surface area (Å²) in [6, 6.07) is 2.27. The zero-order valence-electron chi connectivity index (χ0n) is 12.9. The van der Waals surface area contributed by atoms with E-state index in [1.54, 1.807) is 0 Å². The lowest BCUT2D eigenvalue weighted by molar-refractivity contribution is 0.263. The molecule has 0 aliphatic heterocycles. The molecule has 0 bridgehead atoms. The van der Waals surface area contributed by atoms with Crippen LogP contribution in [0.4, 0.5) is 0 Å². The van der Waals surface area contributed by atoms with Gasteiger partial charge in [0.25, 0.3) is 0 Å². The molecule has 0 spiro atoms. The van der Waals surface area contributed by atoms with Crippen molar-refractivity contribution in [1.82, 2.24) is 10.1 Å². The number of hydrogen-bond donors (Lipinski definition) is 0. The lowest BCUT2D eigenvalue weighted by Gasteiger charge is -2.24. The zero-order valence-corrected chi connectivity index (χ0v) is 12.9. The summed E-state index contributed by atoms with van der Waals surface area (Å²) in [5, 5.41) is 13.1. The van der Waals surface area contributed by atoms with E-state index in [1.165, 1.54) is 25.7 Å². The van der Waals surface area contributed by atoms with Crippen LogP contribution in [0.1, 0.15) is 76.9 Å². The van der Waals surface area contributed by atoms with E-state index in [9.17, 15) is 0 Å². The van der Waals surface area contributed by atoms with Crippen LogP contribution in [0.15, 0.2) is 4.52 Å². The predicted molar refractivity (Wildman–Crippen MR) is 77.0 cm³/mol. The van der Waals surface area contributed by atoms with Gasteiger partial charge in [-0.1, -0.05) is 38.8 Å². The van der Waals surface area contributed by atoms with Crippen LogP contribution in [0.3, 0.4) is 0 Å². The second-order valence-electron chi connectivity index (χ2n) is 6.69. The van der Waals surface area contributed by atoms with Crippen LogP contribution in [0.25, 0.3) is 0 Å². The van der Waals surface area contributed by atoms with E-state index in [0.717, 1.165) is 18.2 Å². The van der Waals surface area contributed by atoms with Crippen LogP contribution < -0.4 is 0 Å². The van der Waals surface area contributed by atoms with Crippen LogP contribution in [-0.2, 0) is 6.42 Å². The van der Waals surface area contributed by atoms with E-state index in [2.05, 4.69) is 37.0 Å². The zero-order chi connectivity index (χ0) is 14.6. The highest BCUT2D eigenvalue weighted by Crippen LogP contribution is 2.35. The van der Waals surface area contributed by atoms with E-state index in [-0.39, 0.29) is 5.41 Å². The van der Waals surface area contributed by atoms with Gasteiger partial charge in [0.15, 0.2) is 5.82 Å². The van der Waals surface area contributed by atoms with Gasteiger partial charge in [-0.3, -0.25) is 0 Å². The molecule has 1 aliphatic rings. The minimum absolute atomic E-state index is 0.0571. The molecule has 110 valence electrons. The summed E-state index contributed by atoms with van der Waals surface area (Å²) < 4.78 is 5.43. The fraction of sp³-hybridized carbons (Fsp3) is 0.812. The second-order valence-corrected chi connectivity index (χ2v) is 6.69. The molecular formula is C16H25N3O. The molecule has 20 heavy (non-hydrogen) atoms. The van der Waals surface area contributed by atoms with Gasteiger partial charge in [0.2, 0.25) is 5.89 Å². The molecule has 0 radical (unpaired) electrons. The molecule has 2 rings (SSSR count). The Bertz CT molecular complexity index is 476. The average molecular weight is 275 g/mol. The average Bonchev–Trinajstić information content (AvgIpc) is 2.87. The Morgan fingerprint density at radius 1 is 1.45 bits per heavy atom. The van der Waals surface area contributed by atoms with Crippen LogP contribution in [0.5, 0.6) is 0 Å². The van der Waals surface area contributed by atoms with E-state index < -0.39 is 0 Å². The first-order chi connectivity index (χ1) is 9.56. The van der Waals surface area contributed by atoms with Gasteiger partial charge in [-0.05, 0) is 30.6 Å². The third kappa shape index (κ3) is 3.59. The first-order valence-corrected chi connectivity index (χ1v) is 7.76. The summed E-state index contributed by atoms with van der Waals surface area (Å²) in [6.07, 6.45) is 7.09. The van der Waals surface area contributed by atoms with Crippen LogP contribution in [-0.4, -0.2) is 10.1 Å². The van der Waals surface area contributed by atoms with Crippen molar-refractivity contribution in [3.05, 3.63) is 11.7 Å². The normalized spacial score (nSPS) is 25.9. The standard InChI is InChI=1S/C16H25N3O/c1-4-16(3,8-9-17)11-14-18-15(19-20-14)13-7-5-6-12(2)10-13/h12-13H,4-8,10-11H2,1-3H3. The van der Waals surface area contributed by atoms with Gasteiger partial charge in [0.05, 0.1) is 6.07 Å².